The van der Waals surface area contributed by atoms with Gasteiger partial charge in [-0.1, -0.05) is 44.4 Å². The monoisotopic (exact) mass is 267 g/mol. The maximum Gasteiger partial charge on any atom is 0.0456 e. The molecule has 0 fully saturated rings. The molecule has 0 aliphatic carbocycles. The number of nitrogens with one attached hydrogen (secondary N) is 1. The van der Waals surface area contributed by atoms with Crippen LogP contribution < -0.4 is 5.32 Å². The Kier molecular flexibility index (Phi) is 6.73. The van der Waals surface area contributed by atoms with Gasteiger partial charge in [0.15, 0.2) is 0 Å². The van der Waals surface area contributed by atoms with E-state index in [9.17, 15) is 0 Å². The Bertz CT molecular complexity index is 366. The molecule has 1 aromatic rings. The summed E-state index contributed by atoms with van der Waals surface area (Å²) in [4.78, 5) is 0. The Morgan fingerprint density at radius 1 is 1.11 bits per heavy atom. The van der Waals surface area contributed by atoms with Crippen LogP contribution in [0.15, 0.2) is 12.1 Å². The first-order valence-corrected chi connectivity index (χ1v) is 7.48. The summed E-state index contributed by atoms with van der Waals surface area (Å²) >= 11 is 6.41. The second kappa shape index (κ2) is 7.81. The maximum atomic E-state index is 6.41. The van der Waals surface area contributed by atoms with Gasteiger partial charge in [-0.05, 0) is 56.0 Å². The zero-order chi connectivity index (χ0) is 13.5. The third-order valence-electron chi connectivity index (χ3n) is 3.48. The summed E-state index contributed by atoms with van der Waals surface area (Å²) in [5, 5.41) is 4.53. The van der Waals surface area contributed by atoms with Crippen LogP contribution >= 0.6 is 11.6 Å². The van der Waals surface area contributed by atoms with Crippen LogP contribution in [-0.4, -0.2) is 6.54 Å². The summed E-state index contributed by atoms with van der Waals surface area (Å²) in [7, 11) is 0. The normalized spacial score (nSPS) is 12.7. The van der Waals surface area contributed by atoms with E-state index in [4.69, 9.17) is 11.6 Å². The van der Waals surface area contributed by atoms with E-state index in [1.165, 1.54) is 36.0 Å². The molecule has 1 unspecified atom stereocenters. The predicted octanol–water partition coefficient (Wildman–Crippen LogP) is 5.19. The Morgan fingerprint density at radius 2 is 1.78 bits per heavy atom. The molecule has 0 amide bonds. The quantitative estimate of drug-likeness (QED) is 0.717. The molecule has 0 saturated carbocycles. The Labute approximate surface area is 117 Å². The topological polar surface area (TPSA) is 12.0 Å². The van der Waals surface area contributed by atoms with Crippen molar-refractivity contribution in [1.82, 2.24) is 5.32 Å². The van der Waals surface area contributed by atoms with E-state index < -0.39 is 0 Å². The summed E-state index contributed by atoms with van der Waals surface area (Å²) in [6.07, 6.45) is 4.79. The minimum Gasteiger partial charge on any atom is -0.310 e. The van der Waals surface area contributed by atoms with Crippen molar-refractivity contribution in [2.45, 2.75) is 59.4 Å². The molecule has 0 radical (unpaired) electrons. The third kappa shape index (κ3) is 4.29. The van der Waals surface area contributed by atoms with Crippen LogP contribution in [0.25, 0.3) is 0 Å². The standard InChI is InChI=1S/C16H26ClN/c1-5-7-8-16(18-9-6-2)14-10-12(3)13(4)11-15(14)17/h10-11,16,18H,5-9H2,1-4H3. The lowest BCUT2D eigenvalue weighted by Crippen LogP contribution is -2.22. The largest absolute Gasteiger partial charge is 0.310 e. The molecule has 1 nitrogen and oxygen atoms in total. The average molecular weight is 268 g/mol. The summed E-state index contributed by atoms with van der Waals surface area (Å²) in [5.74, 6) is 0. The first-order chi connectivity index (χ1) is 8.60. The van der Waals surface area contributed by atoms with Gasteiger partial charge in [0.2, 0.25) is 0 Å². The van der Waals surface area contributed by atoms with Crippen molar-refractivity contribution in [2.75, 3.05) is 6.54 Å². The maximum absolute atomic E-state index is 6.41. The van der Waals surface area contributed by atoms with Crippen LogP contribution in [0.5, 0.6) is 0 Å². The molecule has 0 aliphatic heterocycles. The fourth-order valence-corrected chi connectivity index (χ4v) is 2.51. The van der Waals surface area contributed by atoms with E-state index in [0.29, 0.717) is 6.04 Å². The fraction of sp³-hybridized carbons (Fsp3) is 0.625. The minimum absolute atomic E-state index is 0.400. The molecule has 102 valence electrons. The molecule has 2 heteroatoms. The number of hydrogen-bond acceptors (Lipinski definition) is 1. The van der Waals surface area contributed by atoms with E-state index in [-0.39, 0.29) is 0 Å². The van der Waals surface area contributed by atoms with E-state index in [1.54, 1.807) is 0 Å². The number of rotatable bonds is 7. The number of benzene rings is 1. The van der Waals surface area contributed by atoms with Gasteiger partial charge in [0.25, 0.3) is 0 Å². The van der Waals surface area contributed by atoms with Gasteiger partial charge in [0.05, 0.1) is 0 Å². The van der Waals surface area contributed by atoms with Crippen LogP contribution in [0.4, 0.5) is 0 Å². The average Bonchev–Trinajstić information content (AvgIpc) is 2.35. The van der Waals surface area contributed by atoms with Gasteiger partial charge in [-0.25, -0.2) is 0 Å². The highest BCUT2D eigenvalue weighted by molar-refractivity contribution is 6.31. The molecule has 0 saturated heterocycles. The predicted molar refractivity (Wildman–Crippen MR) is 81.5 cm³/mol. The smallest absolute Gasteiger partial charge is 0.0456 e. The Morgan fingerprint density at radius 3 is 2.39 bits per heavy atom. The van der Waals surface area contributed by atoms with Crippen LogP contribution in [0.2, 0.25) is 5.02 Å². The molecular weight excluding hydrogens is 242 g/mol. The second-order valence-corrected chi connectivity index (χ2v) is 5.51. The Hall–Kier alpha value is -0.530. The lowest BCUT2D eigenvalue weighted by molar-refractivity contribution is 0.481. The lowest BCUT2D eigenvalue weighted by Gasteiger charge is -2.21. The van der Waals surface area contributed by atoms with Crippen molar-refractivity contribution in [3.63, 3.8) is 0 Å². The molecule has 1 atom stereocenters. The molecule has 1 aromatic carbocycles. The van der Waals surface area contributed by atoms with Gasteiger partial charge in [0.1, 0.15) is 0 Å². The van der Waals surface area contributed by atoms with Crippen LogP contribution in [0.1, 0.15) is 62.3 Å². The third-order valence-corrected chi connectivity index (χ3v) is 3.80. The number of unbranched alkanes of at least 4 members (excludes halogenated alkanes) is 1. The van der Waals surface area contributed by atoms with E-state index in [2.05, 4.69) is 45.1 Å². The van der Waals surface area contributed by atoms with Crippen molar-refractivity contribution in [1.29, 1.82) is 0 Å². The molecule has 1 rings (SSSR count). The summed E-state index contributed by atoms with van der Waals surface area (Å²) < 4.78 is 0. The van der Waals surface area contributed by atoms with Gasteiger partial charge < -0.3 is 5.32 Å². The van der Waals surface area contributed by atoms with E-state index in [0.717, 1.165) is 18.0 Å². The summed E-state index contributed by atoms with van der Waals surface area (Å²) in [6.45, 7) is 9.76. The zero-order valence-electron chi connectivity index (χ0n) is 12.1. The highest BCUT2D eigenvalue weighted by atomic mass is 35.5. The molecule has 0 bridgehead atoms. The molecule has 0 heterocycles. The number of hydrogen-bond donors (Lipinski definition) is 1. The molecule has 0 spiro atoms. The van der Waals surface area contributed by atoms with Gasteiger partial charge in [-0.2, -0.15) is 0 Å². The molecule has 18 heavy (non-hydrogen) atoms. The van der Waals surface area contributed by atoms with Gasteiger partial charge in [-0.3, -0.25) is 0 Å². The molecule has 1 N–H and O–H groups in total. The second-order valence-electron chi connectivity index (χ2n) is 5.11. The van der Waals surface area contributed by atoms with E-state index >= 15 is 0 Å². The highest BCUT2D eigenvalue weighted by Gasteiger charge is 2.14. The van der Waals surface area contributed by atoms with Gasteiger partial charge >= 0.3 is 0 Å². The van der Waals surface area contributed by atoms with E-state index in [1.807, 2.05) is 0 Å². The fourth-order valence-electron chi connectivity index (χ4n) is 2.16. The van der Waals surface area contributed by atoms with Crippen molar-refractivity contribution >= 4 is 11.6 Å². The first-order valence-electron chi connectivity index (χ1n) is 7.10. The van der Waals surface area contributed by atoms with Crippen molar-refractivity contribution in [3.8, 4) is 0 Å². The number of aryl methyl sites for hydroxylation is 2. The first kappa shape index (κ1) is 15.5. The van der Waals surface area contributed by atoms with Crippen molar-refractivity contribution in [2.24, 2.45) is 0 Å². The van der Waals surface area contributed by atoms with Crippen LogP contribution in [0, 0.1) is 13.8 Å². The molecule has 0 aliphatic rings. The van der Waals surface area contributed by atoms with Gasteiger partial charge in [-0.15, -0.1) is 0 Å². The van der Waals surface area contributed by atoms with Gasteiger partial charge in [0, 0.05) is 11.1 Å². The summed E-state index contributed by atoms with van der Waals surface area (Å²) in [6, 6.07) is 4.75. The van der Waals surface area contributed by atoms with Crippen molar-refractivity contribution < 1.29 is 0 Å². The van der Waals surface area contributed by atoms with Crippen molar-refractivity contribution in [3.05, 3.63) is 33.8 Å². The lowest BCUT2D eigenvalue weighted by atomic mass is 9.97. The highest BCUT2D eigenvalue weighted by Crippen LogP contribution is 2.29. The minimum atomic E-state index is 0.400. The van der Waals surface area contributed by atoms with Crippen LogP contribution in [0.3, 0.4) is 0 Å². The number of halogens is 1. The zero-order valence-corrected chi connectivity index (χ0v) is 12.9. The van der Waals surface area contributed by atoms with Crippen LogP contribution in [-0.2, 0) is 0 Å². The molecule has 0 aromatic heterocycles. The SMILES string of the molecule is CCCCC(NCCC)c1cc(C)c(C)cc1Cl. The Balaban J connectivity index is 2.92. The summed E-state index contributed by atoms with van der Waals surface area (Å²) in [5.41, 5.74) is 3.87. The molecular formula is C16H26ClN.